The second-order valence-corrected chi connectivity index (χ2v) is 7.44. The fourth-order valence-electron chi connectivity index (χ4n) is 3.57. The SMILES string of the molecule is CN=C(NCCn1cc(C)cn1)NC1CCN(Cc2ccc(OC)c(F)c2)CC1. The molecule has 0 bridgehead atoms. The van der Waals surface area contributed by atoms with Gasteiger partial charge in [-0.05, 0) is 43.0 Å². The first-order valence-electron chi connectivity index (χ1n) is 10.1. The Morgan fingerprint density at radius 1 is 1.34 bits per heavy atom. The van der Waals surface area contributed by atoms with E-state index >= 15 is 0 Å². The van der Waals surface area contributed by atoms with Crippen LogP contribution in [0.1, 0.15) is 24.0 Å². The minimum atomic E-state index is -0.304. The van der Waals surface area contributed by atoms with Crippen molar-refractivity contribution in [2.75, 3.05) is 33.8 Å². The van der Waals surface area contributed by atoms with Crippen LogP contribution >= 0.6 is 0 Å². The van der Waals surface area contributed by atoms with Gasteiger partial charge in [0.25, 0.3) is 0 Å². The minimum absolute atomic E-state index is 0.290. The molecule has 8 heteroatoms. The topological polar surface area (TPSA) is 66.7 Å². The fraction of sp³-hybridized carbons (Fsp3) is 0.524. The number of hydrogen-bond acceptors (Lipinski definition) is 4. The summed E-state index contributed by atoms with van der Waals surface area (Å²) < 4.78 is 20.8. The maximum Gasteiger partial charge on any atom is 0.191 e. The van der Waals surface area contributed by atoms with E-state index in [0.717, 1.165) is 62.7 Å². The number of benzene rings is 1. The average Bonchev–Trinajstić information content (AvgIpc) is 3.14. The third kappa shape index (κ3) is 6.19. The quantitative estimate of drug-likeness (QED) is 0.549. The van der Waals surface area contributed by atoms with Crippen molar-refractivity contribution in [1.29, 1.82) is 0 Å². The lowest BCUT2D eigenvalue weighted by molar-refractivity contribution is 0.198. The Morgan fingerprint density at radius 3 is 2.76 bits per heavy atom. The molecule has 0 atom stereocenters. The van der Waals surface area contributed by atoms with E-state index in [1.165, 1.54) is 7.11 Å². The number of halogens is 1. The summed E-state index contributed by atoms with van der Waals surface area (Å²) in [4.78, 5) is 6.69. The van der Waals surface area contributed by atoms with Gasteiger partial charge < -0.3 is 15.4 Å². The van der Waals surface area contributed by atoms with E-state index in [0.29, 0.717) is 11.8 Å². The number of hydrogen-bond donors (Lipinski definition) is 2. The van der Waals surface area contributed by atoms with Gasteiger partial charge in [-0.15, -0.1) is 0 Å². The first-order valence-corrected chi connectivity index (χ1v) is 10.1. The van der Waals surface area contributed by atoms with Crippen molar-refractivity contribution in [3.63, 3.8) is 0 Å². The van der Waals surface area contributed by atoms with E-state index < -0.39 is 0 Å². The van der Waals surface area contributed by atoms with Gasteiger partial charge in [0.1, 0.15) is 0 Å². The zero-order valence-corrected chi connectivity index (χ0v) is 17.5. The van der Waals surface area contributed by atoms with Gasteiger partial charge in [0, 0.05) is 45.5 Å². The van der Waals surface area contributed by atoms with E-state index in [-0.39, 0.29) is 5.82 Å². The molecule has 1 aliphatic heterocycles. The zero-order valence-electron chi connectivity index (χ0n) is 17.5. The lowest BCUT2D eigenvalue weighted by Crippen LogP contribution is -2.49. The molecule has 158 valence electrons. The molecule has 2 N–H and O–H groups in total. The highest BCUT2D eigenvalue weighted by Crippen LogP contribution is 2.20. The molecule has 1 fully saturated rings. The second kappa shape index (κ2) is 10.2. The number of nitrogens with one attached hydrogen (secondary N) is 2. The van der Waals surface area contributed by atoms with E-state index in [4.69, 9.17) is 4.74 Å². The lowest BCUT2D eigenvalue weighted by atomic mass is 10.0. The van der Waals surface area contributed by atoms with Crippen LogP contribution in [0.15, 0.2) is 35.6 Å². The highest BCUT2D eigenvalue weighted by Gasteiger charge is 2.20. The van der Waals surface area contributed by atoms with E-state index in [1.54, 1.807) is 19.2 Å². The van der Waals surface area contributed by atoms with Gasteiger partial charge in [0.05, 0.1) is 19.9 Å². The Morgan fingerprint density at radius 2 is 2.14 bits per heavy atom. The zero-order chi connectivity index (χ0) is 20.6. The number of guanidine groups is 1. The molecule has 3 rings (SSSR count). The molecule has 1 aromatic heterocycles. The van der Waals surface area contributed by atoms with Crippen LogP contribution in [-0.2, 0) is 13.1 Å². The summed E-state index contributed by atoms with van der Waals surface area (Å²) in [6.07, 6.45) is 5.94. The number of methoxy groups -OCH3 is 1. The van der Waals surface area contributed by atoms with Crippen LogP contribution in [0.3, 0.4) is 0 Å². The van der Waals surface area contributed by atoms with Crippen LogP contribution in [-0.4, -0.2) is 60.5 Å². The molecule has 0 spiro atoms. The molecule has 1 aliphatic rings. The summed E-state index contributed by atoms with van der Waals surface area (Å²) >= 11 is 0. The van der Waals surface area contributed by atoms with Crippen LogP contribution in [0, 0.1) is 12.7 Å². The predicted octanol–water partition coefficient (Wildman–Crippen LogP) is 2.17. The van der Waals surface area contributed by atoms with Crippen LogP contribution in [0.5, 0.6) is 5.75 Å². The van der Waals surface area contributed by atoms with Gasteiger partial charge in [0.15, 0.2) is 17.5 Å². The molecule has 7 nitrogen and oxygen atoms in total. The van der Waals surface area contributed by atoms with E-state index in [2.05, 4.69) is 25.6 Å². The summed E-state index contributed by atoms with van der Waals surface area (Å²) in [7, 11) is 3.28. The van der Waals surface area contributed by atoms with Gasteiger partial charge in [-0.25, -0.2) is 4.39 Å². The van der Waals surface area contributed by atoms with Crippen LogP contribution in [0.4, 0.5) is 4.39 Å². The van der Waals surface area contributed by atoms with Gasteiger partial charge >= 0.3 is 0 Å². The number of ether oxygens (including phenoxy) is 1. The first-order chi connectivity index (χ1) is 14.1. The monoisotopic (exact) mass is 402 g/mol. The van der Waals surface area contributed by atoms with Crippen LogP contribution in [0.2, 0.25) is 0 Å². The summed E-state index contributed by atoms with van der Waals surface area (Å²) in [6, 6.07) is 5.57. The van der Waals surface area contributed by atoms with Crippen LogP contribution in [0.25, 0.3) is 0 Å². The average molecular weight is 403 g/mol. The van der Waals surface area contributed by atoms with Crippen molar-refractivity contribution < 1.29 is 9.13 Å². The molecule has 0 saturated carbocycles. The molecular weight excluding hydrogens is 371 g/mol. The lowest BCUT2D eigenvalue weighted by Gasteiger charge is -2.33. The van der Waals surface area contributed by atoms with E-state index in [9.17, 15) is 4.39 Å². The van der Waals surface area contributed by atoms with Gasteiger partial charge in [-0.1, -0.05) is 6.07 Å². The minimum Gasteiger partial charge on any atom is -0.494 e. The maximum absolute atomic E-state index is 13.9. The summed E-state index contributed by atoms with van der Waals surface area (Å²) in [5.41, 5.74) is 2.14. The molecule has 1 saturated heterocycles. The van der Waals surface area contributed by atoms with Crippen LogP contribution < -0.4 is 15.4 Å². The van der Waals surface area contributed by atoms with Crippen molar-refractivity contribution in [3.8, 4) is 5.75 Å². The molecule has 29 heavy (non-hydrogen) atoms. The Hall–Kier alpha value is -2.61. The number of piperidine rings is 1. The standard InChI is InChI=1S/C21H31FN6O/c1-16-13-25-28(14-16)11-8-24-21(23-2)26-18-6-9-27(10-7-18)15-17-4-5-20(29-3)19(22)12-17/h4-5,12-14,18H,6-11,15H2,1-3H3,(H2,23,24,26). The number of rotatable bonds is 7. The Kier molecular flexibility index (Phi) is 7.46. The number of likely N-dealkylation sites (tertiary alicyclic amines) is 1. The van der Waals surface area contributed by atoms with Crippen molar-refractivity contribution in [3.05, 3.63) is 47.5 Å². The number of aliphatic imine (C=N–C) groups is 1. The molecule has 1 aromatic carbocycles. The number of aryl methyl sites for hydroxylation is 1. The Bertz CT molecular complexity index is 813. The molecule has 2 heterocycles. The maximum atomic E-state index is 13.9. The molecule has 0 radical (unpaired) electrons. The summed E-state index contributed by atoms with van der Waals surface area (Å²) in [6.45, 7) is 6.29. The molecule has 0 amide bonds. The smallest absolute Gasteiger partial charge is 0.191 e. The first kappa shape index (κ1) is 21.1. The number of nitrogens with zero attached hydrogens (tertiary/aromatic N) is 4. The van der Waals surface area contributed by atoms with Gasteiger partial charge in [0.2, 0.25) is 0 Å². The van der Waals surface area contributed by atoms with Gasteiger partial charge in [-0.2, -0.15) is 5.10 Å². The van der Waals surface area contributed by atoms with Crippen molar-refractivity contribution in [2.45, 2.75) is 38.9 Å². The van der Waals surface area contributed by atoms with Crippen molar-refractivity contribution in [1.82, 2.24) is 25.3 Å². The molecule has 0 aliphatic carbocycles. The molecule has 0 unspecified atom stereocenters. The van der Waals surface area contributed by atoms with Crippen molar-refractivity contribution >= 4 is 5.96 Å². The normalized spacial score (nSPS) is 16.1. The van der Waals surface area contributed by atoms with E-state index in [1.807, 2.05) is 30.1 Å². The number of aromatic nitrogens is 2. The highest BCUT2D eigenvalue weighted by atomic mass is 19.1. The molecular formula is C21H31FN6O. The summed E-state index contributed by atoms with van der Waals surface area (Å²) in [5.74, 6) is 0.810. The summed E-state index contributed by atoms with van der Waals surface area (Å²) in [5, 5.41) is 11.2. The Labute approximate surface area is 172 Å². The molecule has 2 aromatic rings. The highest BCUT2D eigenvalue weighted by molar-refractivity contribution is 5.79. The third-order valence-corrected chi connectivity index (χ3v) is 5.17. The fourth-order valence-corrected chi connectivity index (χ4v) is 3.57. The predicted molar refractivity (Wildman–Crippen MR) is 113 cm³/mol. The second-order valence-electron chi connectivity index (χ2n) is 7.44. The Balaban J connectivity index is 1.39. The van der Waals surface area contributed by atoms with Gasteiger partial charge in [-0.3, -0.25) is 14.6 Å². The largest absolute Gasteiger partial charge is 0.494 e. The third-order valence-electron chi connectivity index (χ3n) is 5.17. The van der Waals surface area contributed by atoms with Crippen molar-refractivity contribution in [2.24, 2.45) is 4.99 Å².